The highest BCUT2D eigenvalue weighted by atomic mass is 35.5. The SMILES string of the molecule is Cc1nn(C)c(O[C@@H](C)CCNc2cc(Cl)ncc2-c2ncc(C(C)(C)O)cc2F)c1-c1nccc(N)n1. The Labute approximate surface area is 225 Å². The third-order valence-corrected chi connectivity index (χ3v) is 6.13. The van der Waals surface area contributed by atoms with E-state index < -0.39 is 11.4 Å². The Balaban J connectivity index is 1.49. The van der Waals surface area contributed by atoms with Crippen molar-refractivity contribution < 1.29 is 14.2 Å². The molecule has 0 radical (unpaired) electrons. The van der Waals surface area contributed by atoms with Gasteiger partial charge in [0.15, 0.2) is 5.82 Å². The number of nitrogens with one attached hydrogen (secondary N) is 1. The van der Waals surface area contributed by atoms with Crippen LogP contribution >= 0.6 is 11.6 Å². The predicted molar refractivity (Wildman–Crippen MR) is 144 cm³/mol. The molecule has 4 rings (SSSR count). The van der Waals surface area contributed by atoms with E-state index in [0.29, 0.717) is 52.9 Å². The molecule has 1 atom stereocenters. The molecule has 0 fully saturated rings. The molecule has 200 valence electrons. The molecule has 4 aromatic heterocycles. The van der Waals surface area contributed by atoms with Gasteiger partial charge in [0.25, 0.3) is 0 Å². The van der Waals surface area contributed by atoms with Gasteiger partial charge in [-0.2, -0.15) is 5.10 Å². The van der Waals surface area contributed by atoms with E-state index in [2.05, 4.69) is 30.4 Å². The number of hydrogen-bond donors (Lipinski definition) is 3. The zero-order valence-corrected chi connectivity index (χ0v) is 22.6. The van der Waals surface area contributed by atoms with Crippen LogP contribution in [0, 0.1) is 12.7 Å². The van der Waals surface area contributed by atoms with Gasteiger partial charge in [0.2, 0.25) is 5.88 Å². The number of aryl methyl sites for hydroxylation is 2. The van der Waals surface area contributed by atoms with Crippen molar-refractivity contribution >= 4 is 23.1 Å². The molecule has 12 heteroatoms. The predicted octanol–water partition coefficient (Wildman–Crippen LogP) is 4.51. The Kier molecular flexibility index (Phi) is 7.79. The topological polar surface area (TPSA) is 137 Å². The first kappa shape index (κ1) is 27.2. The smallest absolute Gasteiger partial charge is 0.223 e. The highest BCUT2D eigenvalue weighted by Crippen LogP contribution is 2.33. The quantitative estimate of drug-likeness (QED) is 0.262. The summed E-state index contributed by atoms with van der Waals surface area (Å²) in [6, 6.07) is 4.51. The maximum Gasteiger partial charge on any atom is 0.223 e. The van der Waals surface area contributed by atoms with Crippen LogP contribution in [0.3, 0.4) is 0 Å². The van der Waals surface area contributed by atoms with Crippen LogP contribution in [0.2, 0.25) is 5.15 Å². The van der Waals surface area contributed by atoms with E-state index >= 15 is 0 Å². The molecule has 4 aromatic rings. The fraction of sp³-hybridized carbons (Fsp3) is 0.346. The van der Waals surface area contributed by atoms with Crippen LogP contribution in [0.25, 0.3) is 22.6 Å². The molecule has 0 bridgehead atoms. The molecule has 0 aromatic carbocycles. The van der Waals surface area contributed by atoms with Gasteiger partial charge in [-0.1, -0.05) is 11.6 Å². The summed E-state index contributed by atoms with van der Waals surface area (Å²) in [5.74, 6) is 0.758. The van der Waals surface area contributed by atoms with E-state index in [1.54, 1.807) is 43.9 Å². The number of hydrogen-bond acceptors (Lipinski definition) is 9. The number of nitrogens with zero attached hydrogens (tertiary/aromatic N) is 6. The van der Waals surface area contributed by atoms with Gasteiger partial charge in [-0.25, -0.2) is 24.0 Å². The zero-order valence-electron chi connectivity index (χ0n) is 21.8. The van der Waals surface area contributed by atoms with Crippen LogP contribution in [0.4, 0.5) is 15.9 Å². The largest absolute Gasteiger partial charge is 0.474 e. The molecule has 0 saturated heterocycles. The van der Waals surface area contributed by atoms with Crippen LogP contribution in [-0.4, -0.2) is 47.5 Å². The Morgan fingerprint density at radius 3 is 2.68 bits per heavy atom. The average molecular weight is 541 g/mol. The normalized spacial score (nSPS) is 12.4. The number of ether oxygens (including phenoxy) is 1. The minimum absolute atomic E-state index is 0.103. The van der Waals surface area contributed by atoms with Gasteiger partial charge in [-0.05, 0) is 45.9 Å². The molecule has 38 heavy (non-hydrogen) atoms. The molecular formula is C26H30ClFN8O2. The maximum absolute atomic E-state index is 15.0. The van der Waals surface area contributed by atoms with Crippen LogP contribution in [0.15, 0.2) is 36.8 Å². The second-order valence-corrected chi connectivity index (χ2v) is 9.89. The third kappa shape index (κ3) is 6.00. The number of anilines is 2. The lowest BCUT2D eigenvalue weighted by atomic mass is 9.99. The fourth-order valence-electron chi connectivity index (χ4n) is 3.92. The van der Waals surface area contributed by atoms with Crippen molar-refractivity contribution in [3.63, 3.8) is 0 Å². The molecule has 4 heterocycles. The van der Waals surface area contributed by atoms with Crippen LogP contribution in [0.5, 0.6) is 5.88 Å². The zero-order chi connectivity index (χ0) is 27.6. The Morgan fingerprint density at radius 1 is 1.24 bits per heavy atom. The summed E-state index contributed by atoms with van der Waals surface area (Å²) in [4.78, 5) is 17.0. The molecule has 4 N–H and O–H groups in total. The Hall–Kier alpha value is -3.83. The van der Waals surface area contributed by atoms with Gasteiger partial charge in [0.1, 0.15) is 28.0 Å². The van der Waals surface area contributed by atoms with Gasteiger partial charge in [0, 0.05) is 55.4 Å². The van der Waals surface area contributed by atoms with Crippen molar-refractivity contribution in [2.24, 2.45) is 7.05 Å². The van der Waals surface area contributed by atoms with Gasteiger partial charge in [-0.3, -0.25) is 4.98 Å². The summed E-state index contributed by atoms with van der Waals surface area (Å²) in [5, 5.41) is 18.2. The second-order valence-electron chi connectivity index (χ2n) is 9.50. The van der Waals surface area contributed by atoms with E-state index in [-0.39, 0.29) is 17.0 Å². The first-order chi connectivity index (χ1) is 17.9. The van der Waals surface area contributed by atoms with Crippen molar-refractivity contribution in [3.8, 4) is 28.5 Å². The summed E-state index contributed by atoms with van der Waals surface area (Å²) in [6.07, 6.45) is 4.88. The molecule has 0 saturated carbocycles. The van der Waals surface area contributed by atoms with Crippen molar-refractivity contribution in [1.29, 1.82) is 0 Å². The van der Waals surface area contributed by atoms with E-state index in [0.717, 1.165) is 5.69 Å². The fourth-order valence-corrected chi connectivity index (χ4v) is 4.08. The molecule has 10 nitrogen and oxygen atoms in total. The summed E-state index contributed by atoms with van der Waals surface area (Å²) < 4.78 is 22.9. The minimum Gasteiger partial charge on any atom is -0.474 e. The van der Waals surface area contributed by atoms with Crippen molar-refractivity contribution in [2.75, 3.05) is 17.6 Å². The summed E-state index contributed by atoms with van der Waals surface area (Å²) >= 11 is 6.13. The lowest BCUT2D eigenvalue weighted by Gasteiger charge is -2.19. The minimum atomic E-state index is -1.21. The van der Waals surface area contributed by atoms with Crippen LogP contribution in [0.1, 0.15) is 38.4 Å². The summed E-state index contributed by atoms with van der Waals surface area (Å²) in [5.41, 5.74) is 7.53. The molecule has 0 spiro atoms. The van der Waals surface area contributed by atoms with Crippen molar-refractivity contribution in [3.05, 3.63) is 59.0 Å². The number of pyridine rings is 2. The summed E-state index contributed by atoms with van der Waals surface area (Å²) in [6.45, 7) is 7.42. The van der Waals surface area contributed by atoms with Crippen LogP contribution in [-0.2, 0) is 12.6 Å². The van der Waals surface area contributed by atoms with E-state index in [1.807, 2.05) is 13.8 Å². The van der Waals surface area contributed by atoms with E-state index in [9.17, 15) is 9.50 Å². The van der Waals surface area contributed by atoms with Gasteiger partial charge >= 0.3 is 0 Å². The summed E-state index contributed by atoms with van der Waals surface area (Å²) in [7, 11) is 1.79. The number of halogens is 2. The Morgan fingerprint density at radius 2 is 2.00 bits per heavy atom. The van der Waals surface area contributed by atoms with Gasteiger partial charge in [0.05, 0.1) is 17.4 Å². The lowest BCUT2D eigenvalue weighted by Crippen LogP contribution is -2.19. The first-order valence-electron chi connectivity index (χ1n) is 12.0. The molecule has 0 aliphatic rings. The maximum atomic E-state index is 15.0. The number of aliphatic hydroxyl groups is 1. The van der Waals surface area contributed by atoms with Crippen LogP contribution < -0.4 is 15.8 Å². The molecule has 0 unspecified atom stereocenters. The Bertz CT molecular complexity index is 1450. The number of rotatable bonds is 9. The highest BCUT2D eigenvalue weighted by molar-refractivity contribution is 6.29. The van der Waals surface area contributed by atoms with Gasteiger partial charge in [-0.15, -0.1) is 0 Å². The monoisotopic (exact) mass is 540 g/mol. The number of nitrogen functional groups attached to an aromatic ring is 1. The standard InChI is InChI=1S/C26H30ClFN8O2/c1-14(38-25-22(15(2)35-36(25)5)24-31-9-7-21(29)34-24)6-8-30-19-11-20(27)32-13-17(19)23-18(28)10-16(12-33-23)26(3,4)37/h7,9-14,37H,6,8H2,1-5H3,(H,30,32)(H2,29,31,34)/t14-/m0/s1. The average Bonchev–Trinajstić information content (AvgIpc) is 3.11. The molecule has 0 aliphatic heterocycles. The second kappa shape index (κ2) is 10.9. The molecule has 0 amide bonds. The number of nitrogens with two attached hydrogens (primary N) is 1. The lowest BCUT2D eigenvalue weighted by molar-refractivity contribution is 0.0778. The van der Waals surface area contributed by atoms with E-state index in [4.69, 9.17) is 22.1 Å². The highest BCUT2D eigenvalue weighted by Gasteiger charge is 2.22. The number of aromatic nitrogens is 6. The van der Waals surface area contributed by atoms with Crippen molar-refractivity contribution in [1.82, 2.24) is 29.7 Å². The van der Waals surface area contributed by atoms with E-state index in [1.165, 1.54) is 18.5 Å². The molecular weight excluding hydrogens is 511 g/mol. The van der Waals surface area contributed by atoms with Crippen molar-refractivity contribution in [2.45, 2.75) is 45.8 Å². The van der Waals surface area contributed by atoms with Gasteiger partial charge < -0.3 is 20.9 Å². The first-order valence-corrected chi connectivity index (χ1v) is 12.4. The third-order valence-electron chi connectivity index (χ3n) is 5.92. The molecule has 0 aliphatic carbocycles.